The lowest BCUT2D eigenvalue weighted by Gasteiger charge is -2.14. The molecule has 0 aliphatic heterocycles. The van der Waals surface area contributed by atoms with Gasteiger partial charge in [-0.1, -0.05) is 28.1 Å². The van der Waals surface area contributed by atoms with E-state index in [9.17, 15) is 4.79 Å². The summed E-state index contributed by atoms with van der Waals surface area (Å²) in [4.78, 5) is 12.4. The highest BCUT2D eigenvalue weighted by Gasteiger charge is 2.16. The maximum atomic E-state index is 12.4. The van der Waals surface area contributed by atoms with Gasteiger partial charge in [-0.3, -0.25) is 4.79 Å². The van der Waals surface area contributed by atoms with Crippen LogP contribution in [0.4, 0.5) is 0 Å². The van der Waals surface area contributed by atoms with E-state index in [4.69, 9.17) is 18.9 Å². The van der Waals surface area contributed by atoms with Crippen molar-refractivity contribution in [3.05, 3.63) is 58.6 Å². The fourth-order valence-electron chi connectivity index (χ4n) is 2.83. The van der Waals surface area contributed by atoms with E-state index in [2.05, 4.69) is 15.9 Å². The van der Waals surface area contributed by atoms with Crippen LogP contribution in [0.3, 0.4) is 0 Å². The zero-order chi connectivity index (χ0) is 19.4. The van der Waals surface area contributed by atoms with Crippen LogP contribution < -0.4 is 18.9 Å². The summed E-state index contributed by atoms with van der Waals surface area (Å²) in [7, 11) is 4.60. The van der Waals surface area contributed by atoms with E-state index in [1.807, 2.05) is 30.3 Å². The van der Waals surface area contributed by atoms with Gasteiger partial charge in [-0.2, -0.15) is 0 Å². The van der Waals surface area contributed by atoms with Crippen LogP contribution in [0.15, 0.2) is 53.0 Å². The molecule has 0 atom stereocenters. The molecule has 0 spiro atoms. The van der Waals surface area contributed by atoms with Crippen molar-refractivity contribution < 1.29 is 23.7 Å². The summed E-state index contributed by atoms with van der Waals surface area (Å²) in [5.74, 6) is 1.60. The lowest BCUT2D eigenvalue weighted by Crippen LogP contribution is -2.11. The Morgan fingerprint density at radius 1 is 0.852 bits per heavy atom. The first-order chi connectivity index (χ1) is 13.0. The molecular formula is C21H19BrO5. The molecule has 3 aromatic rings. The maximum absolute atomic E-state index is 12.4. The number of carbonyl (C=O) groups is 1. The SMILES string of the molecule is COc1cc(CC(=O)Oc2ccc3cc(Br)ccc3c2)cc(OC)c1OC. The van der Waals surface area contributed by atoms with Crippen LogP contribution in [0.2, 0.25) is 0 Å². The van der Waals surface area contributed by atoms with E-state index in [0.29, 0.717) is 28.6 Å². The van der Waals surface area contributed by atoms with Crippen molar-refractivity contribution in [1.82, 2.24) is 0 Å². The van der Waals surface area contributed by atoms with Crippen LogP contribution in [0.5, 0.6) is 23.0 Å². The van der Waals surface area contributed by atoms with Crippen LogP contribution in [-0.4, -0.2) is 27.3 Å². The van der Waals surface area contributed by atoms with Crippen molar-refractivity contribution >= 4 is 32.7 Å². The molecule has 0 heterocycles. The van der Waals surface area contributed by atoms with Gasteiger partial charge in [0.05, 0.1) is 27.8 Å². The Hall–Kier alpha value is -2.73. The summed E-state index contributed by atoms with van der Waals surface area (Å²) in [5.41, 5.74) is 0.708. The molecule has 5 nitrogen and oxygen atoms in total. The van der Waals surface area contributed by atoms with E-state index >= 15 is 0 Å². The molecule has 0 radical (unpaired) electrons. The number of rotatable bonds is 6. The van der Waals surface area contributed by atoms with Crippen molar-refractivity contribution in [2.75, 3.05) is 21.3 Å². The molecule has 0 aromatic heterocycles. The fraction of sp³-hybridized carbons (Fsp3) is 0.190. The van der Waals surface area contributed by atoms with Crippen LogP contribution in [0.1, 0.15) is 5.56 Å². The van der Waals surface area contributed by atoms with Gasteiger partial charge in [0.25, 0.3) is 0 Å². The Morgan fingerprint density at radius 2 is 1.48 bits per heavy atom. The van der Waals surface area contributed by atoms with Crippen molar-refractivity contribution in [3.63, 3.8) is 0 Å². The summed E-state index contributed by atoms with van der Waals surface area (Å²) >= 11 is 3.45. The molecule has 3 rings (SSSR count). The van der Waals surface area contributed by atoms with E-state index in [1.54, 1.807) is 18.2 Å². The fourth-order valence-corrected chi connectivity index (χ4v) is 3.21. The molecule has 6 heteroatoms. The largest absolute Gasteiger partial charge is 0.493 e. The normalized spacial score (nSPS) is 10.5. The van der Waals surface area contributed by atoms with E-state index < -0.39 is 0 Å². The number of esters is 1. The number of halogens is 1. The number of methoxy groups -OCH3 is 3. The van der Waals surface area contributed by atoms with Crippen LogP contribution in [-0.2, 0) is 11.2 Å². The standard InChI is InChI=1S/C21H19BrO5/c1-24-18-8-13(9-19(25-2)21(18)26-3)10-20(23)27-17-7-5-14-11-16(22)6-4-15(14)12-17/h4-9,11-12H,10H2,1-3H3. The predicted octanol–water partition coefficient (Wildman–Crippen LogP) is 4.78. The molecule has 0 aliphatic rings. The Kier molecular flexibility index (Phi) is 5.86. The molecule has 3 aromatic carbocycles. The van der Waals surface area contributed by atoms with Gasteiger partial charge in [-0.05, 0) is 52.7 Å². The van der Waals surface area contributed by atoms with Crippen LogP contribution >= 0.6 is 15.9 Å². The molecule has 0 saturated carbocycles. The van der Waals surface area contributed by atoms with Crippen LogP contribution in [0.25, 0.3) is 10.8 Å². The first-order valence-electron chi connectivity index (χ1n) is 8.23. The number of hydrogen-bond donors (Lipinski definition) is 0. The molecule has 0 unspecified atom stereocenters. The van der Waals surface area contributed by atoms with E-state index in [0.717, 1.165) is 15.2 Å². The maximum Gasteiger partial charge on any atom is 0.315 e. The van der Waals surface area contributed by atoms with E-state index in [1.165, 1.54) is 21.3 Å². The second-order valence-electron chi connectivity index (χ2n) is 5.84. The summed E-state index contributed by atoms with van der Waals surface area (Å²) < 4.78 is 22.4. The Labute approximate surface area is 165 Å². The molecule has 0 aliphatic carbocycles. The molecule has 0 amide bonds. The molecular weight excluding hydrogens is 412 g/mol. The Bertz CT molecular complexity index is 958. The van der Waals surface area contributed by atoms with Crippen molar-refractivity contribution in [1.29, 1.82) is 0 Å². The van der Waals surface area contributed by atoms with Gasteiger partial charge in [0.2, 0.25) is 5.75 Å². The first-order valence-corrected chi connectivity index (χ1v) is 9.02. The Morgan fingerprint density at radius 3 is 2.11 bits per heavy atom. The Balaban J connectivity index is 1.78. The number of carbonyl (C=O) groups excluding carboxylic acids is 1. The quantitative estimate of drug-likeness (QED) is 0.416. The number of ether oxygens (including phenoxy) is 4. The highest BCUT2D eigenvalue weighted by atomic mass is 79.9. The summed E-state index contributed by atoms with van der Waals surface area (Å²) in [6.07, 6.45) is 0.0785. The highest BCUT2D eigenvalue weighted by molar-refractivity contribution is 9.10. The highest BCUT2D eigenvalue weighted by Crippen LogP contribution is 2.38. The zero-order valence-electron chi connectivity index (χ0n) is 15.2. The van der Waals surface area contributed by atoms with Crippen molar-refractivity contribution in [3.8, 4) is 23.0 Å². The molecule has 140 valence electrons. The minimum Gasteiger partial charge on any atom is -0.493 e. The number of fused-ring (bicyclic) bond motifs is 1. The predicted molar refractivity (Wildman–Crippen MR) is 107 cm³/mol. The van der Waals surface area contributed by atoms with E-state index in [-0.39, 0.29) is 12.4 Å². The third kappa shape index (κ3) is 4.34. The van der Waals surface area contributed by atoms with Gasteiger partial charge in [0.15, 0.2) is 11.5 Å². The third-order valence-electron chi connectivity index (χ3n) is 4.08. The minimum atomic E-state index is -0.374. The van der Waals surface area contributed by atoms with Gasteiger partial charge in [-0.15, -0.1) is 0 Å². The van der Waals surface area contributed by atoms with Gasteiger partial charge in [0.1, 0.15) is 5.75 Å². The second-order valence-corrected chi connectivity index (χ2v) is 6.75. The molecule has 0 saturated heterocycles. The monoisotopic (exact) mass is 430 g/mol. The number of benzene rings is 3. The average molecular weight is 431 g/mol. The molecule has 27 heavy (non-hydrogen) atoms. The summed E-state index contributed by atoms with van der Waals surface area (Å²) in [6, 6.07) is 14.9. The van der Waals surface area contributed by atoms with Gasteiger partial charge in [-0.25, -0.2) is 0 Å². The lowest BCUT2D eigenvalue weighted by molar-refractivity contribution is -0.133. The van der Waals surface area contributed by atoms with Crippen molar-refractivity contribution in [2.24, 2.45) is 0 Å². The van der Waals surface area contributed by atoms with Gasteiger partial charge in [0, 0.05) is 4.47 Å². The van der Waals surface area contributed by atoms with Gasteiger partial charge >= 0.3 is 5.97 Å². The van der Waals surface area contributed by atoms with Crippen LogP contribution in [0, 0.1) is 0 Å². The third-order valence-corrected chi connectivity index (χ3v) is 4.57. The number of hydrogen-bond acceptors (Lipinski definition) is 5. The summed E-state index contributed by atoms with van der Waals surface area (Å²) in [6.45, 7) is 0. The smallest absolute Gasteiger partial charge is 0.315 e. The minimum absolute atomic E-state index is 0.0785. The average Bonchev–Trinajstić information content (AvgIpc) is 2.67. The molecule has 0 fully saturated rings. The lowest BCUT2D eigenvalue weighted by atomic mass is 10.1. The molecule has 0 bridgehead atoms. The first kappa shape index (κ1) is 19.0. The van der Waals surface area contributed by atoms with Gasteiger partial charge < -0.3 is 18.9 Å². The second kappa shape index (κ2) is 8.31. The van der Waals surface area contributed by atoms with Crippen molar-refractivity contribution in [2.45, 2.75) is 6.42 Å². The molecule has 0 N–H and O–H groups in total. The summed E-state index contributed by atoms with van der Waals surface area (Å²) in [5, 5.41) is 2.06. The topological polar surface area (TPSA) is 54.0 Å². The zero-order valence-corrected chi connectivity index (χ0v) is 16.8.